The van der Waals surface area contributed by atoms with Gasteiger partial charge in [-0.1, -0.05) is 78.9 Å². The number of ether oxygens (including phenoxy) is 1. The van der Waals surface area contributed by atoms with E-state index >= 15 is 0 Å². The maximum atomic E-state index is 13.2. The molecule has 0 radical (unpaired) electrons. The minimum Gasteiger partial charge on any atom is -0.490 e. The van der Waals surface area contributed by atoms with E-state index in [2.05, 4.69) is 52.7 Å². The molecule has 0 aromatic heterocycles. The van der Waals surface area contributed by atoms with Crippen LogP contribution in [0.2, 0.25) is 0 Å². The van der Waals surface area contributed by atoms with Crippen LogP contribution in [0.4, 0.5) is 5.69 Å². The first-order valence-electron chi connectivity index (χ1n) is 13.8. The van der Waals surface area contributed by atoms with Crippen molar-refractivity contribution in [1.29, 1.82) is 0 Å². The van der Waals surface area contributed by atoms with Gasteiger partial charge in [-0.05, 0) is 70.3 Å². The van der Waals surface area contributed by atoms with Crippen LogP contribution in [-0.2, 0) is 6.54 Å². The number of benzene rings is 5. The van der Waals surface area contributed by atoms with Gasteiger partial charge in [-0.15, -0.1) is 0 Å². The van der Waals surface area contributed by atoms with E-state index < -0.39 is 5.91 Å². The van der Waals surface area contributed by atoms with E-state index in [1.54, 1.807) is 6.07 Å². The monoisotopic (exact) mass is 541 g/mol. The third-order valence-corrected chi connectivity index (χ3v) is 7.63. The van der Waals surface area contributed by atoms with Crippen LogP contribution in [0.25, 0.3) is 21.9 Å². The van der Waals surface area contributed by atoms with Gasteiger partial charge in [0.05, 0.1) is 18.3 Å². The van der Waals surface area contributed by atoms with Gasteiger partial charge in [-0.2, -0.15) is 0 Å². The molecule has 1 atom stereocenters. The summed E-state index contributed by atoms with van der Waals surface area (Å²) < 4.78 is 5.97. The van der Waals surface area contributed by atoms with Gasteiger partial charge in [0, 0.05) is 17.7 Å². The molecule has 0 spiro atoms. The molecule has 6 nitrogen and oxygen atoms in total. The largest absolute Gasteiger partial charge is 0.490 e. The van der Waals surface area contributed by atoms with Gasteiger partial charge in [0.25, 0.3) is 5.91 Å². The molecule has 2 amide bonds. The van der Waals surface area contributed by atoms with Crippen LogP contribution >= 0.6 is 0 Å². The molecule has 0 saturated carbocycles. The van der Waals surface area contributed by atoms with Crippen LogP contribution < -0.4 is 20.7 Å². The summed E-state index contributed by atoms with van der Waals surface area (Å²) in [5.41, 5.74) is 11.5. The molecule has 1 unspecified atom stereocenters. The lowest BCUT2D eigenvalue weighted by Gasteiger charge is -2.31. The van der Waals surface area contributed by atoms with Gasteiger partial charge in [-0.3, -0.25) is 9.59 Å². The van der Waals surface area contributed by atoms with Crippen LogP contribution in [0.1, 0.15) is 44.8 Å². The van der Waals surface area contributed by atoms with Crippen LogP contribution in [0, 0.1) is 0 Å². The summed E-state index contributed by atoms with van der Waals surface area (Å²) >= 11 is 0. The Morgan fingerprint density at radius 1 is 0.878 bits per heavy atom. The van der Waals surface area contributed by atoms with E-state index in [1.165, 1.54) is 5.39 Å². The number of hydrogen-bond donors (Lipinski definition) is 2. The molecular weight excluding hydrogens is 510 g/mol. The molecule has 1 heterocycles. The molecule has 204 valence electrons. The van der Waals surface area contributed by atoms with Crippen molar-refractivity contribution in [1.82, 2.24) is 5.32 Å². The predicted molar refractivity (Wildman–Crippen MR) is 163 cm³/mol. The standard InChI is InChI=1S/C35H31N3O3/c1-23(27-15-14-25-6-2-3-7-28(25)20-27)37-35(40)29-16-17-32-33(21-29)41-19-18-38(32)22-24-10-12-26(13-11-24)30-8-4-5-9-31(30)34(36)39/h2-17,20-21,23H,18-19,22H2,1H3,(H2,36,39)(H,37,40). The zero-order chi connectivity index (χ0) is 28.3. The predicted octanol–water partition coefficient (Wildman–Crippen LogP) is 6.50. The molecule has 5 aromatic rings. The number of rotatable bonds is 7. The van der Waals surface area contributed by atoms with Gasteiger partial charge < -0.3 is 20.7 Å². The fourth-order valence-electron chi connectivity index (χ4n) is 5.38. The second kappa shape index (κ2) is 11.2. The third-order valence-electron chi connectivity index (χ3n) is 7.63. The molecule has 0 saturated heterocycles. The van der Waals surface area contributed by atoms with E-state index in [4.69, 9.17) is 10.5 Å². The van der Waals surface area contributed by atoms with Crippen LogP contribution in [-0.4, -0.2) is 25.0 Å². The SMILES string of the molecule is CC(NC(=O)c1ccc2c(c1)OCCN2Cc1ccc(-c2ccccc2C(N)=O)cc1)c1ccc2ccccc2c1. The zero-order valence-corrected chi connectivity index (χ0v) is 22.8. The molecule has 6 heteroatoms. The second-order valence-corrected chi connectivity index (χ2v) is 10.4. The van der Waals surface area contributed by atoms with Crippen molar-refractivity contribution >= 4 is 28.3 Å². The summed E-state index contributed by atoms with van der Waals surface area (Å²) in [6.07, 6.45) is 0. The Morgan fingerprint density at radius 2 is 1.63 bits per heavy atom. The van der Waals surface area contributed by atoms with Crippen molar-refractivity contribution in [3.05, 3.63) is 131 Å². The number of amides is 2. The van der Waals surface area contributed by atoms with Gasteiger partial charge in [0.15, 0.2) is 0 Å². The number of nitrogens with zero attached hydrogens (tertiary/aromatic N) is 1. The minimum absolute atomic E-state index is 0.138. The Balaban J connectivity index is 1.15. The zero-order valence-electron chi connectivity index (χ0n) is 22.8. The number of nitrogens with one attached hydrogen (secondary N) is 1. The van der Waals surface area contributed by atoms with E-state index in [0.717, 1.165) is 39.9 Å². The van der Waals surface area contributed by atoms with E-state index in [-0.39, 0.29) is 11.9 Å². The van der Waals surface area contributed by atoms with E-state index in [0.29, 0.717) is 30.0 Å². The Kier molecular flexibility index (Phi) is 7.13. The first-order chi connectivity index (χ1) is 20.0. The van der Waals surface area contributed by atoms with Crippen molar-refractivity contribution in [3.63, 3.8) is 0 Å². The highest BCUT2D eigenvalue weighted by Crippen LogP contribution is 2.34. The van der Waals surface area contributed by atoms with Crippen molar-refractivity contribution in [2.24, 2.45) is 5.73 Å². The Hall–Kier alpha value is -5.10. The normalized spacial score (nSPS) is 13.2. The summed E-state index contributed by atoms with van der Waals surface area (Å²) in [5.74, 6) is 0.126. The van der Waals surface area contributed by atoms with Crippen molar-refractivity contribution < 1.29 is 14.3 Å². The number of anilines is 1. The molecule has 41 heavy (non-hydrogen) atoms. The molecule has 1 aliphatic rings. The number of fused-ring (bicyclic) bond motifs is 2. The van der Waals surface area contributed by atoms with Crippen LogP contribution in [0.3, 0.4) is 0 Å². The molecule has 6 rings (SSSR count). The van der Waals surface area contributed by atoms with Gasteiger partial charge >= 0.3 is 0 Å². The molecule has 0 aliphatic carbocycles. The fourth-order valence-corrected chi connectivity index (χ4v) is 5.38. The number of carbonyl (C=O) groups excluding carboxylic acids is 2. The maximum absolute atomic E-state index is 13.2. The molecular formula is C35H31N3O3. The van der Waals surface area contributed by atoms with Gasteiger partial charge in [0.1, 0.15) is 12.4 Å². The Labute approximate surface area is 239 Å². The quantitative estimate of drug-likeness (QED) is 0.247. The summed E-state index contributed by atoms with van der Waals surface area (Å²) in [6.45, 7) is 3.97. The second-order valence-electron chi connectivity index (χ2n) is 10.4. The Bertz CT molecular complexity index is 1750. The van der Waals surface area contributed by atoms with Gasteiger partial charge in [-0.25, -0.2) is 0 Å². The fraction of sp³-hybridized carbons (Fsp3) is 0.143. The molecule has 0 bridgehead atoms. The summed E-state index contributed by atoms with van der Waals surface area (Å²) in [5, 5.41) is 5.46. The lowest BCUT2D eigenvalue weighted by atomic mass is 9.98. The van der Waals surface area contributed by atoms with Gasteiger partial charge in [0.2, 0.25) is 5.91 Å². The summed E-state index contributed by atoms with van der Waals surface area (Å²) in [7, 11) is 0. The van der Waals surface area contributed by atoms with E-state index in [1.807, 2.05) is 67.6 Å². The van der Waals surface area contributed by atoms with Crippen LogP contribution in [0.15, 0.2) is 109 Å². The number of primary amides is 1. The number of nitrogens with two attached hydrogens (primary N) is 1. The average molecular weight is 542 g/mol. The lowest BCUT2D eigenvalue weighted by Crippen LogP contribution is -2.32. The molecule has 0 fully saturated rings. The van der Waals surface area contributed by atoms with E-state index in [9.17, 15) is 9.59 Å². The number of carbonyl (C=O) groups is 2. The first kappa shape index (κ1) is 26.1. The lowest BCUT2D eigenvalue weighted by molar-refractivity contribution is 0.0938. The summed E-state index contributed by atoms with van der Waals surface area (Å²) in [6, 6.07) is 35.5. The molecule has 5 aromatic carbocycles. The first-order valence-corrected chi connectivity index (χ1v) is 13.8. The molecule has 1 aliphatic heterocycles. The summed E-state index contributed by atoms with van der Waals surface area (Å²) in [4.78, 5) is 27.3. The highest BCUT2D eigenvalue weighted by Gasteiger charge is 2.21. The van der Waals surface area contributed by atoms with Crippen molar-refractivity contribution in [2.75, 3.05) is 18.1 Å². The Morgan fingerprint density at radius 3 is 2.44 bits per heavy atom. The minimum atomic E-state index is -0.439. The number of hydrogen-bond acceptors (Lipinski definition) is 4. The maximum Gasteiger partial charge on any atom is 0.251 e. The van der Waals surface area contributed by atoms with Crippen LogP contribution in [0.5, 0.6) is 5.75 Å². The smallest absolute Gasteiger partial charge is 0.251 e. The third kappa shape index (κ3) is 5.50. The van der Waals surface area contributed by atoms with Crippen molar-refractivity contribution in [2.45, 2.75) is 19.5 Å². The van der Waals surface area contributed by atoms with Crippen molar-refractivity contribution in [3.8, 4) is 16.9 Å². The average Bonchev–Trinajstić information content (AvgIpc) is 3.01. The topological polar surface area (TPSA) is 84.7 Å². The molecule has 3 N–H and O–H groups in total. The highest BCUT2D eigenvalue weighted by molar-refractivity contribution is 6.00. The highest BCUT2D eigenvalue weighted by atomic mass is 16.5.